The molecule has 0 aromatic heterocycles. The van der Waals surface area contributed by atoms with Crippen molar-refractivity contribution in [1.29, 1.82) is 0 Å². The van der Waals surface area contributed by atoms with E-state index in [4.69, 9.17) is 14.6 Å². The van der Waals surface area contributed by atoms with Gasteiger partial charge in [-0.3, -0.25) is 0 Å². The topological polar surface area (TPSA) is 50.7 Å². The van der Waals surface area contributed by atoms with Crippen molar-refractivity contribution in [3.63, 3.8) is 0 Å². The number of benzene rings is 3. The average molecular weight is 404 g/mol. The lowest BCUT2D eigenvalue weighted by atomic mass is 9.96. The van der Waals surface area contributed by atoms with Gasteiger partial charge >= 0.3 is 0 Å². The van der Waals surface area contributed by atoms with Crippen molar-refractivity contribution in [3.8, 4) is 22.6 Å². The first-order valence-electron chi connectivity index (χ1n) is 10.1. The summed E-state index contributed by atoms with van der Waals surface area (Å²) in [4.78, 5) is 0. The standard InChI is InChI=1S/C26H29NO3/c1-19-21(10-7-11-23(19)22-8-5-4-6-9-22)13-12-20-16-25(29-2)24(18-27-14-15-28)26(17-20)30-3/h4-13,16-17,27-28H,14-15,18H2,1-3H3. The maximum atomic E-state index is 9.00. The van der Waals surface area contributed by atoms with E-state index in [1.54, 1.807) is 14.2 Å². The van der Waals surface area contributed by atoms with E-state index in [0.717, 1.165) is 22.6 Å². The summed E-state index contributed by atoms with van der Waals surface area (Å²) in [6.07, 6.45) is 4.20. The number of methoxy groups -OCH3 is 2. The zero-order valence-electron chi connectivity index (χ0n) is 17.8. The second-order valence-electron chi connectivity index (χ2n) is 7.02. The maximum absolute atomic E-state index is 9.00. The van der Waals surface area contributed by atoms with Crippen LogP contribution in [-0.2, 0) is 6.54 Å². The third-order valence-electron chi connectivity index (χ3n) is 5.14. The first-order valence-corrected chi connectivity index (χ1v) is 10.1. The van der Waals surface area contributed by atoms with Gasteiger partial charge in [-0.15, -0.1) is 0 Å². The van der Waals surface area contributed by atoms with Gasteiger partial charge in [-0.1, -0.05) is 60.7 Å². The number of hydrogen-bond acceptors (Lipinski definition) is 4. The monoisotopic (exact) mass is 403 g/mol. The highest BCUT2D eigenvalue weighted by molar-refractivity contribution is 5.78. The van der Waals surface area contributed by atoms with E-state index in [9.17, 15) is 0 Å². The number of rotatable bonds is 9. The van der Waals surface area contributed by atoms with Crippen LogP contribution in [0.1, 0.15) is 22.3 Å². The van der Waals surface area contributed by atoms with Crippen LogP contribution >= 0.6 is 0 Å². The number of nitrogens with one attached hydrogen (secondary N) is 1. The lowest BCUT2D eigenvalue weighted by Crippen LogP contribution is -2.18. The summed E-state index contributed by atoms with van der Waals surface area (Å²) in [5.41, 5.74) is 6.80. The molecule has 2 N–H and O–H groups in total. The van der Waals surface area contributed by atoms with E-state index in [0.29, 0.717) is 13.1 Å². The number of ether oxygens (including phenoxy) is 2. The molecule has 4 nitrogen and oxygen atoms in total. The Balaban J connectivity index is 1.91. The van der Waals surface area contributed by atoms with Gasteiger partial charge in [-0.05, 0) is 46.9 Å². The molecule has 0 unspecified atom stereocenters. The Hall–Kier alpha value is -3.08. The third kappa shape index (κ3) is 5.09. The molecular formula is C26H29NO3. The van der Waals surface area contributed by atoms with Gasteiger partial charge in [0.15, 0.2) is 0 Å². The Morgan fingerprint density at radius 1 is 0.900 bits per heavy atom. The summed E-state index contributed by atoms with van der Waals surface area (Å²) < 4.78 is 11.2. The molecule has 0 aliphatic carbocycles. The number of hydrogen-bond donors (Lipinski definition) is 2. The van der Waals surface area contributed by atoms with Crippen molar-refractivity contribution < 1.29 is 14.6 Å². The first-order chi connectivity index (χ1) is 14.7. The van der Waals surface area contributed by atoms with Gasteiger partial charge in [-0.2, -0.15) is 0 Å². The van der Waals surface area contributed by atoms with Crippen LogP contribution in [0.25, 0.3) is 23.3 Å². The SMILES string of the molecule is COc1cc(C=Cc2cccc(-c3ccccc3)c2C)cc(OC)c1CNCCO. The van der Waals surface area contributed by atoms with Gasteiger partial charge in [-0.25, -0.2) is 0 Å². The molecule has 3 rings (SSSR count). The van der Waals surface area contributed by atoms with Crippen LogP contribution in [0, 0.1) is 6.92 Å². The van der Waals surface area contributed by atoms with E-state index >= 15 is 0 Å². The average Bonchev–Trinajstić information content (AvgIpc) is 2.79. The van der Waals surface area contributed by atoms with Crippen LogP contribution in [0.15, 0.2) is 60.7 Å². The van der Waals surface area contributed by atoms with Crippen molar-refractivity contribution in [2.24, 2.45) is 0 Å². The van der Waals surface area contributed by atoms with Gasteiger partial charge in [0.05, 0.1) is 20.8 Å². The van der Waals surface area contributed by atoms with Crippen molar-refractivity contribution in [1.82, 2.24) is 5.32 Å². The van der Waals surface area contributed by atoms with E-state index in [1.165, 1.54) is 22.3 Å². The minimum absolute atomic E-state index is 0.0901. The fourth-order valence-corrected chi connectivity index (χ4v) is 3.52. The summed E-state index contributed by atoms with van der Waals surface area (Å²) >= 11 is 0. The highest BCUT2D eigenvalue weighted by atomic mass is 16.5. The molecule has 0 aliphatic heterocycles. The molecule has 3 aromatic carbocycles. The molecule has 4 heteroatoms. The minimum Gasteiger partial charge on any atom is -0.496 e. The Morgan fingerprint density at radius 2 is 1.60 bits per heavy atom. The molecule has 0 heterocycles. The summed E-state index contributed by atoms with van der Waals surface area (Å²) in [5.74, 6) is 1.52. The number of aliphatic hydroxyl groups excluding tert-OH is 1. The lowest BCUT2D eigenvalue weighted by molar-refractivity contribution is 0.290. The molecule has 0 amide bonds. The Kier molecular flexibility index (Phi) is 7.66. The molecule has 0 aliphatic rings. The molecule has 0 radical (unpaired) electrons. The molecule has 0 spiro atoms. The molecule has 0 atom stereocenters. The largest absolute Gasteiger partial charge is 0.496 e. The van der Waals surface area contributed by atoms with Crippen molar-refractivity contribution >= 4 is 12.2 Å². The second-order valence-corrected chi connectivity index (χ2v) is 7.02. The summed E-state index contributed by atoms with van der Waals surface area (Å²) in [7, 11) is 3.32. The van der Waals surface area contributed by atoms with Crippen molar-refractivity contribution in [2.45, 2.75) is 13.5 Å². The second kappa shape index (κ2) is 10.6. The predicted octanol–water partition coefficient (Wildman–Crippen LogP) is 4.93. The predicted molar refractivity (Wildman–Crippen MR) is 124 cm³/mol. The van der Waals surface area contributed by atoms with Gasteiger partial charge in [0, 0.05) is 18.7 Å². The zero-order chi connectivity index (χ0) is 21.3. The lowest BCUT2D eigenvalue weighted by Gasteiger charge is -2.15. The van der Waals surface area contributed by atoms with E-state index in [2.05, 4.69) is 66.9 Å². The summed E-state index contributed by atoms with van der Waals surface area (Å²) in [5, 5.41) is 12.2. The van der Waals surface area contributed by atoms with E-state index < -0.39 is 0 Å². The molecular weight excluding hydrogens is 374 g/mol. The molecule has 30 heavy (non-hydrogen) atoms. The fourth-order valence-electron chi connectivity index (χ4n) is 3.52. The molecule has 0 bridgehead atoms. The fraction of sp³-hybridized carbons (Fsp3) is 0.231. The van der Waals surface area contributed by atoms with Crippen LogP contribution in [0.3, 0.4) is 0 Å². The highest BCUT2D eigenvalue weighted by Gasteiger charge is 2.12. The first kappa shape index (κ1) is 21.6. The molecule has 0 saturated heterocycles. The van der Waals surface area contributed by atoms with Gasteiger partial charge in [0.25, 0.3) is 0 Å². The maximum Gasteiger partial charge on any atom is 0.127 e. The van der Waals surface area contributed by atoms with Gasteiger partial charge in [0.2, 0.25) is 0 Å². The van der Waals surface area contributed by atoms with E-state index in [1.807, 2.05) is 18.2 Å². The summed E-state index contributed by atoms with van der Waals surface area (Å²) in [6, 6.07) is 20.8. The van der Waals surface area contributed by atoms with Gasteiger partial charge < -0.3 is 19.9 Å². The molecule has 0 fully saturated rings. The van der Waals surface area contributed by atoms with Crippen LogP contribution in [-0.4, -0.2) is 32.5 Å². The Morgan fingerprint density at radius 3 is 2.23 bits per heavy atom. The van der Waals surface area contributed by atoms with Crippen molar-refractivity contribution in [3.05, 3.63) is 82.9 Å². The van der Waals surface area contributed by atoms with Crippen LogP contribution in [0.4, 0.5) is 0 Å². The molecule has 0 saturated carbocycles. The normalized spacial score (nSPS) is 11.1. The Bertz CT molecular complexity index is 971. The third-order valence-corrected chi connectivity index (χ3v) is 5.14. The minimum atomic E-state index is 0.0901. The van der Waals surface area contributed by atoms with Crippen molar-refractivity contribution in [2.75, 3.05) is 27.4 Å². The van der Waals surface area contributed by atoms with Crippen LogP contribution in [0.2, 0.25) is 0 Å². The molecule has 3 aromatic rings. The van der Waals surface area contributed by atoms with Crippen LogP contribution in [0.5, 0.6) is 11.5 Å². The zero-order valence-corrected chi connectivity index (χ0v) is 17.8. The van der Waals surface area contributed by atoms with Crippen LogP contribution < -0.4 is 14.8 Å². The molecule has 156 valence electrons. The van der Waals surface area contributed by atoms with E-state index in [-0.39, 0.29) is 6.61 Å². The van der Waals surface area contributed by atoms with Gasteiger partial charge in [0.1, 0.15) is 11.5 Å². The number of aliphatic hydroxyl groups is 1. The quantitative estimate of drug-likeness (QED) is 0.393. The Labute approximate surface area is 178 Å². The smallest absolute Gasteiger partial charge is 0.127 e. The highest BCUT2D eigenvalue weighted by Crippen LogP contribution is 2.32. The summed E-state index contributed by atoms with van der Waals surface area (Å²) in [6.45, 7) is 3.33.